The third kappa shape index (κ3) is 4.48. The van der Waals surface area contributed by atoms with Crippen LogP contribution in [0.1, 0.15) is 10.4 Å². The average Bonchev–Trinajstić information content (AvgIpc) is 3.25. The van der Waals surface area contributed by atoms with Crippen LogP contribution >= 0.6 is 11.3 Å². The third-order valence-electron chi connectivity index (χ3n) is 4.22. The molecule has 0 amide bonds. The number of ether oxygens (including phenoxy) is 2. The number of hydrogen-bond donors (Lipinski definition) is 3. The van der Waals surface area contributed by atoms with Gasteiger partial charge in [-0.25, -0.2) is 0 Å². The summed E-state index contributed by atoms with van der Waals surface area (Å²) < 4.78 is 11.3. The highest BCUT2D eigenvalue weighted by Gasteiger charge is 2.24. The number of β-amino-alcohol motifs (C(OH)–C–C–N with tert-alkyl or cyclic N) is 1. The highest BCUT2D eigenvalue weighted by atomic mass is 32.1. The Bertz CT molecular complexity index is 633. The number of thiophene rings is 1. The first-order valence-electron chi connectivity index (χ1n) is 8.18. The van der Waals surface area contributed by atoms with E-state index in [0.717, 1.165) is 36.7 Å². The Kier molecular flexibility index (Phi) is 6.09. The van der Waals surface area contributed by atoms with Crippen LogP contribution in [0.4, 0.5) is 0 Å². The molecule has 2 atom stereocenters. The van der Waals surface area contributed by atoms with Crippen LogP contribution in [0.15, 0.2) is 35.7 Å². The molecule has 130 valence electrons. The zero-order valence-corrected chi connectivity index (χ0v) is 14.6. The number of hydrogen-bond acceptors (Lipinski definition) is 6. The Labute approximate surface area is 146 Å². The predicted octanol–water partition coefficient (Wildman–Crippen LogP) is 2.01. The zero-order valence-electron chi connectivity index (χ0n) is 13.8. The average molecular weight is 348 g/mol. The molecule has 1 aromatic carbocycles. The lowest BCUT2D eigenvalue weighted by Crippen LogP contribution is -2.30. The van der Waals surface area contributed by atoms with E-state index in [1.807, 2.05) is 29.6 Å². The lowest BCUT2D eigenvalue weighted by atomic mass is 10.1. The summed E-state index contributed by atoms with van der Waals surface area (Å²) in [5, 5.41) is 18.4. The van der Waals surface area contributed by atoms with Crippen LogP contribution in [0.25, 0.3) is 0 Å². The Morgan fingerprint density at radius 2 is 2.21 bits per heavy atom. The first-order chi connectivity index (χ1) is 11.8. The maximum absolute atomic E-state index is 9.80. The second-order valence-corrected chi connectivity index (χ2v) is 7.00. The minimum Gasteiger partial charge on any atom is -0.493 e. The van der Waals surface area contributed by atoms with E-state index in [0.29, 0.717) is 13.2 Å². The molecule has 0 bridgehead atoms. The maximum atomic E-state index is 9.80. The highest BCUT2D eigenvalue weighted by Crippen LogP contribution is 2.29. The largest absolute Gasteiger partial charge is 0.493 e. The number of rotatable bonds is 8. The molecule has 3 N–H and O–H groups in total. The second kappa shape index (κ2) is 8.48. The van der Waals surface area contributed by atoms with Gasteiger partial charge in [0.25, 0.3) is 0 Å². The van der Waals surface area contributed by atoms with Crippen molar-refractivity contribution < 1.29 is 14.6 Å². The molecule has 1 aliphatic rings. The summed E-state index contributed by atoms with van der Waals surface area (Å²) in [6, 6.07) is 10.1. The zero-order chi connectivity index (χ0) is 16.8. The quantitative estimate of drug-likeness (QED) is 0.681. The van der Waals surface area contributed by atoms with Gasteiger partial charge in [-0.1, -0.05) is 12.1 Å². The van der Waals surface area contributed by atoms with Gasteiger partial charge in [0.1, 0.15) is 6.61 Å². The van der Waals surface area contributed by atoms with Crippen molar-refractivity contribution in [3.8, 4) is 11.5 Å². The summed E-state index contributed by atoms with van der Waals surface area (Å²) in [6.07, 6.45) is -0.250. The molecule has 0 aliphatic carbocycles. The first kappa shape index (κ1) is 17.2. The Balaban J connectivity index is 1.53. The maximum Gasteiger partial charge on any atom is 0.161 e. The van der Waals surface area contributed by atoms with Crippen molar-refractivity contribution >= 4 is 11.3 Å². The summed E-state index contributed by atoms with van der Waals surface area (Å²) in [5.41, 5.74) is 1.13. The van der Waals surface area contributed by atoms with Crippen molar-refractivity contribution in [3.63, 3.8) is 0 Å². The van der Waals surface area contributed by atoms with Gasteiger partial charge < -0.3 is 25.2 Å². The van der Waals surface area contributed by atoms with Gasteiger partial charge in [0.05, 0.1) is 13.2 Å². The summed E-state index contributed by atoms with van der Waals surface area (Å²) in [4.78, 5) is 1.19. The summed E-state index contributed by atoms with van der Waals surface area (Å²) in [7, 11) is 1.66. The van der Waals surface area contributed by atoms with Gasteiger partial charge in [-0.3, -0.25) is 0 Å². The molecule has 2 heterocycles. The smallest absolute Gasteiger partial charge is 0.161 e. The molecule has 0 spiro atoms. The van der Waals surface area contributed by atoms with Crippen LogP contribution in [0.3, 0.4) is 0 Å². The molecule has 1 aromatic heterocycles. The van der Waals surface area contributed by atoms with Crippen molar-refractivity contribution in [2.45, 2.75) is 19.3 Å². The fourth-order valence-corrected chi connectivity index (χ4v) is 3.43. The minimum absolute atomic E-state index is 0.250. The van der Waals surface area contributed by atoms with Crippen molar-refractivity contribution in [1.82, 2.24) is 10.6 Å². The Morgan fingerprint density at radius 3 is 2.92 bits per heavy atom. The van der Waals surface area contributed by atoms with Gasteiger partial charge in [0.2, 0.25) is 0 Å². The topological polar surface area (TPSA) is 62.8 Å². The van der Waals surface area contributed by atoms with E-state index in [4.69, 9.17) is 9.47 Å². The standard InChI is InChI=1S/C18H24N2O3S/c1-22-18-7-13(8-19-9-14-10-20-11-16(14)21)4-5-17(18)23-12-15-3-2-6-24-15/h2-7,14,16,19-21H,8-12H2,1H3. The Morgan fingerprint density at radius 1 is 1.29 bits per heavy atom. The molecule has 1 saturated heterocycles. The summed E-state index contributed by atoms with van der Waals surface area (Å²) in [5.74, 6) is 1.78. The molecule has 3 rings (SSSR count). The molecule has 5 nitrogen and oxygen atoms in total. The van der Waals surface area contributed by atoms with Crippen molar-refractivity contribution in [1.29, 1.82) is 0 Å². The lowest BCUT2D eigenvalue weighted by molar-refractivity contribution is 0.146. The van der Waals surface area contributed by atoms with Crippen molar-refractivity contribution in [2.24, 2.45) is 5.92 Å². The normalized spacial score (nSPS) is 20.2. The van der Waals surface area contributed by atoms with Gasteiger partial charge in [0, 0.05) is 37.0 Å². The number of aliphatic hydroxyl groups is 1. The third-order valence-corrected chi connectivity index (χ3v) is 5.07. The lowest BCUT2D eigenvalue weighted by Gasteiger charge is -2.15. The van der Waals surface area contributed by atoms with Crippen LogP contribution in [0.2, 0.25) is 0 Å². The van der Waals surface area contributed by atoms with E-state index in [2.05, 4.69) is 16.7 Å². The van der Waals surface area contributed by atoms with E-state index in [1.165, 1.54) is 4.88 Å². The number of nitrogens with one attached hydrogen (secondary N) is 2. The molecule has 2 unspecified atom stereocenters. The van der Waals surface area contributed by atoms with Gasteiger partial charge in [-0.15, -0.1) is 11.3 Å². The monoisotopic (exact) mass is 348 g/mol. The summed E-state index contributed by atoms with van der Waals surface area (Å²) >= 11 is 1.68. The molecule has 2 aromatic rings. The van der Waals surface area contributed by atoms with Crippen LogP contribution in [0.5, 0.6) is 11.5 Å². The van der Waals surface area contributed by atoms with Crippen molar-refractivity contribution in [2.75, 3.05) is 26.7 Å². The molecule has 6 heteroatoms. The van der Waals surface area contributed by atoms with E-state index in [9.17, 15) is 5.11 Å². The first-order valence-corrected chi connectivity index (χ1v) is 9.06. The van der Waals surface area contributed by atoms with E-state index >= 15 is 0 Å². The van der Waals surface area contributed by atoms with Crippen LogP contribution in [-0.4, -0.2) is 38.0 Å². The van der Waals surface area contributed by atoms with Crippen LogP contribution in [-0.2, 0) is 13.2 Å². The van der Waals surface area contributed by atoms with Gasteiger partial charge in [-0.2, -0.15) is 0 Å². The highest BCUT2D eigenvalue weighted by molar-refractivity contribution is 7.09. The van der Waals surface area contributed by atoms with Gasteiger partial charge in [-0.05, 0) is 29.1 Å². The molecule has 1 fully saturated rings. The Hall–Kier alpha value is -1.60. The van der Waals surface area contributed by atoms with E-state index in [-0.39, 0.29) is 12.0 Å². The van der Waals surface area contributed by atoms with Gasteiger partial charge >= 0.3 is 0 Å². The molecule has 1 aliphatic heterocycles. The number of aliphatic hydroxyl groups excluding tert-OH is 1. The minimum atomic E-state index is -0.250. The predicted molar refractivity (Wildman–Crippen MR) is 95.7 cm³/mol. The summed E-state index contributed by atoms with van der Waals surface area (Å²) in [6.45, 7) is 3.65. The van der Waals surface area contributed by atoms with E-state index in [1.54, 1.807) is 18.4 Å². The fraction of sp³-hybridized carbons (Fsp3) is 0.444. The van der Waals surface area contributed by atoms with Crippen molar-refractivity contribution in [3.05, 3.63) is 46.2 Å². The van der Waals surface area contributed by atoms with Crippen LogP contribution in [0, 0.1) is 5.92 Å². The molecule has 0 radical (unpaired) electrons. The molecule has 0 saturated carbocycles. The van der Waals surface area contributed by atoms with Crippen LogP contribution < -0.4 is 20.1 Å². The molecular weight excluding hydrogens is 324 g/mol. The number of benzene rings is 1. The fourth-order valence-electron chi connectivity index (χ4n) is 2.81. The van der Waals surface area contributed by atoms with E-state index < -0.39 is 0 Å². The molecule has 24 heavy (non-hydrogen) atoms. The molecular formula is C18H24N2O3S. The van der Waals surface area contributed by atoms with Gasteiger partial charge in [0.15, 0.2) is 11.5 Å². The second-order valence-electron chi connectivity index (χ2n) is 5.97. The number of methoxy groups -OCH3 is 1. The SMILES string of the molecule is COc1cc(CNCC2CNCC2O)ccc1OCc1cccs1.